The van der Waals surface area contributed by atoms with E-state index < -0.39 is 0 Å². The maximum Gasteiger partial charge on any atom is 0.210 e. The van der Waals surface area contributed by atoms with E-state index in [4.69, 9.17) is 9.47 Å². The first kappa shape index (κ1) is 7.28. The third kappa shape index (κ3) is 1.57. The van der Waals surface area contributed by atoms with Gasteiger partial charge in [0.15, 0.2) is 6.23 Å². The summed E-state index contributed by atoms with van der Waals surface area (Å²) in [5.41, 5.74) is 0. The van der Waals surface area contributed by atoms with Gasteiger partial charge in [-0.3, -0.25) is 0 Å². The lowest BCUT2D eigenvalue weighted by molar-refractivity contribution is 0.0495. The molecule has 3 heteroatoms. The number of aliphatic imine (C=N–C) groups is 1. The van der Waals surface area contributed by atoms with Crippen LogP contribution in [0, 0.1) is 0 Å². The number of rotatable bonds is 3. The standard InChI is InChI=1S/C7H11NO2/c1-3-6-8-7(5-10-6)9-4-2/h3,7H,1,4-5H2,2H3. The molecule has 1 aliphatic heterocycles. The molecule has 1 heterocycles. The highest BCUT2D eigenvalue weighted by molar-refractivity contribution is 5.88. The van der Waals surface area contributed by atoms with Crippen molar-refractivity contribution in [1.29, 1.82) is 0 Å². The van der Waals surface area contributed by atoms with E-state index in [0.717, 1.165) is 0 Å². The molecular weight excluding hydrogens is 130 g/mol. The molecular formula is C7H11NO2. The van der Waals surface area contributed by atoms with Gasteiger partial charge in [-0.25, -0.2) is 4.99 Å². The highest BCUT2D eigenvalue weighted by Crippen LogP contribution is 2.05. The molecule has 0 amide bonds. The monoisotopic (exact) mass is 141 g/mol. The molecule has 1 atom stereocenters. The number of ether oxygens (including phenoxy) is 2. The number of nitrogens with zero attached hydrogens (tertiary/aromatic N) is 1. The lowest BCUT2D eigenvalue weighted by Crippen LogP contribution is -2.10. The number of hydrogen-bond acceptors (Lipinski definition) is 3. The van der Waals surface area contributed by atoms with Crippen LogP contribution in [0.1, 0.15) is 6.92 Å². The van der Waals surface area contributed by atoms with Gasteiger partial charge >= 0.3 is 0 Å². The molecule has 0 saturated carbocycles. The largest absolute Gasteiger partial charge is 0.473 e. The van der Waals surface area contributed by atoms with Gasteiger partial charge < -0.3 is 9.47 Å². The molecule has 0 aromatic carbocycles. The molecule has 1 aliphatic rings. The number of hydrogen-bond donors (Lipinski definition) is 0. The van der Waals surface area contributed by atoms with Crippen molar-refractivity contribution in [2.75, 3.05) is 13.2 Å². The molecule has 0 aliphatic carbocycles. The van der Waals surface area contributed by atoms with E-state index in [0.29, 0.717) is 19.1 Å². The molecule has 0 radical (unpaired) electrons. The van der Waals surface area contributed by atoms with Gasteiger partial charge in [-0.2, -0.15) is 0 Å². The summed E-state index contributed by atoms with van der Waals surface area (Å²) in [4.78, 5) is 4.05. The zero-order valence-electron chi connectivity index (χ0n) is 6.04. The third-order valence-corrected chi connectivity index (χ3v) is 1.18. The van der Waals surface area contributed by atoms with Crippen LogP contribution in [-0.4, -0.2) is 25.3 Å². The highest BCUT2D eigenvalue weighted by Gasteiger charge is 2.15. The van der Waals surface area contributed by atoms with Crippen LogP contribution in [0.25, 0.3) is 0 Å². The van der Waals surface area contributed by atoms with Crippen LogP contribution in [0.3, 0.4) is 0 Å². The normalized spacial score (nSPS) is 23.7. The molecule has 0 saturated heterocycles. The van der Waals surface area contributed by atoms with Crippen molar-refractivity contribution in [3.63, 3.8) is 0 Å². The Morgan fingerprint density at radius 3 is 3.30 bits per heavy atom. The van der Waals surface area contributed by atoms with Crippen molar-refractivity contribution in [1.82, 2.24) is 0 Å². The molecule has 56 valence electrons. The van der Waals surface area contributed by atoms with Crippen LogP contribution in [0.15, 0.2) is 17.6 Å². The van der Waals surface area contributed by atoms with Crippen LogP contribution < -0.4 is 0 Å². The topological polar surface area (TPSA) is 30.8 Å². The summed E-state index contributed by atoms with van der Waals surface area (Å²) in [6.07, 6.45) is 1.47. The highest BCUT2D eigenvalue weighted by atomic mass is 16.6. The minimum atomic E-state index is -0.113. The summed E-state index contributed by atoms with van der Waals surface area (Å²) < 4.78 is 10.2. The van der Waals surface area contributed by atoms with Crippen molar-refractivity contribution < 1.29 is 9.47 Å². The maximum atomic E-state index is 5.17. The minimum absolute atomic E-state index is 0.113. The van der Waals surface area contributed by atoms with Crippen molar-refractivity contribution in [2.45, 2.75) is 13.2 Å². The fourth-order valence-corrected chi connectivity index (χ4v) is 0.763. The Bertz CT molecular complexity index is 154. The van der Waals surface area contributed by atoms with E-state index in [1.807, 2.05) is 6.92 Å². The zero-order valence-corrected chi connectivity index (χ0v) is 6.04. The van der Waals surface area contributed by atoms with Gasteiger partial charge in [-0.1, -0.05) is 6.58 Å². The van der Waals surface area contributed by atoms with Gasteiger partial charge in [0.2, 0.25) is 5.90 Å². The van der Waals surface area contributed by atoms with Gasteiger partial charge in [-0.05, 0) is 13.0 Å². The summed E-state index contributed by atoms with van der Waals surface area (Å²) in [5.74, 6) is 0.582. The predicted molar refractivity (Wildman–Crippen MR) is 39.0 cm³/mol. The van der Waals surface area contributed by atoms with Crippen LogP contribution in [0.4, 0.5) is 0 Å². The lowest BCUT2D eigenvalue weighted by atomic mass is 10.6. The first-order chi connectivity index (χ1) is 4.86. The van der Waals surface area contributed by atoms with Crippen molar-refractivity contribution in [3.05, 3.63) is 12.7 Å². The minimum Gasteiger partial charge on any atom is -0.473 e. The third-order valence-electron chi connectivity index (χ3n) is 1.18. The van der Waals surface area contributed by atoms with Crippen LogP contribution >= 0.6 is 0 Å². The van der Waals surface area contributed by atoms with E-state index in [1.165, 1.54) is 0 Å². The average Bonchev–Trinajstić information content (AvgIpc) is 2.37. The summed E-state index contributed by atoms with van der Waals surface area (Å²) in [6, 6.07) is 0. The SMILES string of the molecule is C=CC1=NC(OCC)CO1. The van der Waals surface area contributed by atoms with Gasteiger partial charge in [0.05, 0.1) is 0 Å². The Hall–Kier alpha value is -0.830. The molecule has 0 fully saturated rings. The van der Waals surface area contributed by atoms with E-state index in [-0.39, 0.29) is 6.23 Å². The van der Waals surface area contributed by atoms with Gasteiger partial charge in [0, 0.05) is 6.61 Å². The second kappa shape index (κ2) is 3.37. The van der Waals surface area contributed by atoms with Gasteiger partial charge in [0.1, 0.15) is 6.61 Å². The lowest BCUT2D eigenvalue weighted by Gasteiger charge is -2.02. The Labute approximate surface area is 60.4 Å². The van der Waals surface area contributed by atoms with Gasteiger partial charge in [0.25, 0.3) is 0 Å². The zero-order chi connectivity index (χ0) is 7.40. The van der Waals surface area contributed by atoms with E-state index in [2.05, 4.69) is 11.6 Å². The van der Waals surface area contributed by atoms with Crippen LogP contribution in [0.2, 0.25) is 0 Å². The first-order valence-electron chi connectivity index (χ1n) is 3.31. The Morgan fingerprint density at radius 2 is 2.80 bits per heavy atom. The Morgan fingerprint density at radius 1 is 2.00 bits per heavy atom. The molecule has 3 nitrogen and oxygen atoms in total. The Kier molecular flexibility index (Phi) is 2.45. The van der Waals surface area contributed by atoms with E-state index >= 15 is 0 Å². The molecule has 1 rings (SSSR count). The van der Waals surface area contributed by atoms with E-state index in [9.17, 15) is 0 Å². The van der Waals surface area contributed by atoms with Crippen molar-refractivity contribution in [3.8, 4) is 0 Å². The predicted octanol–water partition coefficient (Wildman–Crippen LogP) is 0.964. The van der Waals surface area contributed by atoms with Crippen molar-refractivity contribution in [2.24, 2.45) is 4.99 Å². The van der Waals surface area contributed by atoms with E-state index in [1.54, 1.807) is 6.08 Å². The molecule has 1 unspecified atom stereocenters. The fraction of sp³-hybridized carbons (Fsp3) is 0.571. The summed E-state index contributed by atoms with van der Waals surface area (Å²) in [7, 11) is 0. The first-order valence-corrected chi connectivity index (χ1v) is 3.31. The average molecular weight is 141 g/mol. The Balaban J connectivity index is 2.38. The van der Waals surface area contributed by atoms with Gasteiger partial charge in [-0.15, -0.1) is 0 Å². The summed E-state index contributed by atoms with van der Waals surface area (Å²) in [5, 5.41) is 0. The quantitative estimate of drug-likeness (QED) is 0.586. The molecule has 0 aromatic rings. The molecule has 0 N–H and O–H groups in total. The summed E-state index contributed by atoms with van der Waals surface area (Å²) in [6.45, 7) is 6.65. The van der Waals surface area contributed by atoms with Crippen LogP contribution in [-0.2, 0) is 9.47 Å². The van der Waals surface area contributed by atoms with Crippen LogP contribution in [0.5, 0.6) is 0 Å². The molecule has 0 aromatic heterocycles. The maximum absolute atomic E-state index is 5.17. The fourth-order valence-electron chi connectivity index (χ4n) is 0.763. The molecule has 0 spiro atoms. The smallest absolute Gasteiger partial charge is 0.210 e. The molecule has 0 bridgehead atoms. The van der Waals surface area contributed by atoms with Crippen molar-refractivity contribution >= 4 is 5.90 Å². The molecule has 10 heavy (non-hydrogen) atoms. The summed E-state index contributed by atoms with van der Waals surface area (Å²) >= 11 is 0. The second-order valence-corrected chi connectivity index (χ2v) is 1.89. The second-order valence-electron chi connectivity index (χ2n) is 1.89.